The smallest absolute Gasteiger partial charge is 0.193 e. The van der Waals surface area contributed by atoms with Gasteiger partial charge in [-0.15, -0.1) is 11.3 Å². The Morgan fingerprint density at radius 1 is 1.33 bits per heavy atom. The SMILES string of the molecule is OC(Cc1cn2ccsc2n1)c1cccc2c1OCCO2. The van der Waals surface area contributed by atoms with Crippen LogP contribution in [0.5, 0.6) is 11.5 Å². The van der Waals surface area contributed by atoms with E-state index < -0.39 is 6.10 Å². The second-order valence-corrected chi connectivity index (χ2v) is 5.79. The average Bonchev–Trinajstić information content (AvgIpc) is 3.07. The largest absolute Gasteiger partial charge is 0.486 e. The zero-order chi connectivity index (χ0) is 14.2. The maximum Gasteiger partial charge on any atom is 0.193 e. The van der Waals surface area contributed by atoms with Gasteiger partial charge in [-0.25, -0.2) is 4.98 Å². The molecule has 2 aromatic heterocycles. The van der Waals surface area contributed by atoms with Crippen LogP contribution in [0.3, 0.4) is 0 Å². The van der Waals surface area contributed by atoms with Crippen LogP contribution in [0.25, 0.3) is 4.96 Å². The van der Waals surface area contributed by atoms with Crippen molar-refractivity contribution in [3.8, 4) is 11.5 Å². The summed E-state index contributed by atoms with van der Waals surface area (Å²) in [5.74, 6) is 1.35. The standard InChI is InChI=1S/C15H14N2O3S/c18-12(8-10-9-17-4-7-21-15(17)16-10)11-2-1-3-13-14(11)20-6-5-19-13/h1-4,7,9,12,18H,5-6,8H2. The number of aliphatic hydroxyl groups is 1. The molecule has 1 aromatic carbocycles. The molecule has 4 rings (SSSR count). The topological polar surface area (TPSA) is 56.0 Å². The van der Waals surface area contributed by atoms with Gasteiger partial charge in [-0.3, -0.25) is 4.40 Å². The maximum absolute atomic E-state index is 10.5. The number of hydrogen-bond acceptors (Lipinski definition) is 5. The van der Waals surface area contributed by atoms with E-state index in [9.17, 15) is 5.11 Å². The number of thiazole rings is 1. The van der Waals surface area contributed by atoms with Crippen molar-refractivity contribution in [2.24, 2.45) is 0 Å². The number of para-hydroxylation sites is 1. The monoisotopic (exact) mass is 302 g/mol. The molecule has 108 valence electrons. The summed E-state index contributed by atoms with van der Waals surface area (Å²) >= 11 is 1.58. The van der Waals surface area contributed by atoms with Crippen molar-refractivity contribution >= 4 is 16.3 Å². The van der Waals surface area contributed by atoms with Crippen LogP contribution in [0.15, 0.2) is 36.0 Å². The predicted octanol–water partition coefficient (Wildman–Crippen LogP) is 2.44. The molecule has 3 aromatic rings. The number of nitrogens with zero attached hydrogens (tertiary/aromatic N) is 2. The van der Waals surface area contributed by atoms with Gasteiger partial charge in [-0.2, -0.15) is 0 Å². The lowest BCUT2D eigenvalue weighted by Gasteiger charge is -2.22. The Morgan fingerprint density at radius 3 is 3.14 bits per heavy atom. The molecule has 1 aliphatic heterocycles. The van der Waals surface area contributed by atoms with Crippen molar-refractivity contribution in [2.75, 3.05) is 13.2 Å². The fraction of sp³-hybridized carbons (Fsp3) is 0.267. The molecule has 1 atom stereocenters. The number of imidazole rings is 1. The Hall–Kier alpha value is -2.05. The first kappa shape index (κ1) is 12.7. The highest BCUT2D eigenvalue weighted by Gasteiger charge is 2.21. The average molecular weight is 302 g/mol. The van der Waals surface area contributed by atoms with Crippen molar-refractivity contribution < 1.29 is 14.6 Å². The number of fused-ring (bicyclic) bond motifs is 2. The van der Waals surface area contributed by atoms with E-state index in [0.29, 0.717) is 31.1 Å². The van der Waals surface area contributed by atoms with E-state index in [1.54, 1.807) is 11.3 Å². The Kier molecular flexibility index (Phi) is 3.05. The molecule has 1 N–H and O–H groups in total. The summed E-state index contributed by atoms with van der Waals surface area (Å²) in [4.78, 5) is 5.44. The molecule has 1 aliphatic rings. The molecule has 6 heteroatoms. The van der Waals surface area contributed by atoms with Crippen LogP contribution in [0.2, 0.25) is 0 Å². The Bertz CT molecular complexity index is 752. The van der Waals surface area contributed by atoms with Gasteiger partial charge >= 0.3 is 0 Å². The van der Waals surface area contributed by atoms with E-state index in [-0.39, 0.29) is 0 Å². The molecule has 0 radical (unpaired) electrons. The van der Waals surface area contributed by atoms with Crippen LogP contribution in [0.1, 0.15) is 17.4 Å². The third-order valence-electron chi connectivity index (χ3n) is 3.50. The fourth-order valence-corrected chi connectivity index (χ4v) is 3.26. The summed E-state index contributed by atoms with van der Waals surface area (Å²) in [6.45, 7) is 1.06. The van der Waals surface area contributed by atoms with Crippen molar-refractivity contribution in [2.45, 2.75) is 12.5 Å². The van der Waals surface area contributed by atoms with E-state index in [4.69, 9.17) is 9.47 Å². The number of benzene rings is 1. The second-order valence-electron chi connectivity index (χ2n) is 4.92. The van der Waals surface area contributed by atoms with E-state index in [1.165, 1.54) is 0 Å². The lowest BCUT2D eigenvalue weighted by molar-refractivity contribution is 0.145. The quantitative estimate of drug-likeness (QED) is 0.807. The molecule has 0 bridgehead atoms. The molecule has 0 aliphatic carbocycles. The summed E-state index contributed by atoms with van der Waals surface area (Å²) < 4.78 is 13.2. The highest BCUT2D eigenvalue weighted by atomic mass is 32.1. The molecule has 3 heterocycles. The van der Waals surface area contributed by atoms with E-state index >= 15 is 0 Å². The van der Waals surface area contributed by atoms with Gasteiger partial charge in [0.25, 0.3) is 0 Å². The fourth-order valence-electron chi connectivity index (χ4n) is 2.54. The minimum Gasteiger partial charge on any atom is -0.486 e. The zero-order valence-electron chi connectivity index (χ0n) is 11.2. The molecule has 5 nitrogen and oxygen atoms in total. The molecule has 0 amide bonds. The number of aliphatic hydroxyl groups excluding tert-OH is 1. The van der Waals surface area contributed by atoms with Crippen LogP contribution >= 0.6 is 11.3 Å². The highest BCUT2D eigenvalue weighted by Crippen LogP contribution is 2.37. The van der Waals surface area contributed by atoms with E-state index in [0.717, 1.165) is 16.2 Å². The van der Waals surface area contributed by atoms with Gasteiger partial charge in [-0.05, 0) is 6.07 Å². The van der Waals surface area contributed by atoms with E-state index in [1.807, 2.05) is 40.4 Å². The van der Waals surface area contributed by atoms with Crippen LogP contribution < -0.4 is 9.47 Å². The van der Waals surface area contributed by atoms with Gasteiger partial charge in [0.15, 0.2) is 16.5 Å². The van der Waals surface area contributed by atoms with Gasteiger partial charge in [-0.1, -0.05) is 12.1 Å². The molecular weight excluding hydrogens is 288 g/mol. The molecule has 21 heavy (non-hydrogen) atoms. The minimum atomic E-state index is -0.661. The number of aromatic nitrogens is 2. The summed E-state index contributed by atoms with van der Waals surface area (Å²) in [5, 5.41) is 12.5. The summed E-state index contributed by atoms with van der Waals surface area (Å²) in [6, 6.07) is 5.60. The van der Waals surface area contributed by atoms with Gasteiger partial charge in [0.1, 0.15) is 13.2 Å². The van der Waals surface area contributed by atoms with Gasteiger partial charge < -0.3 is 14.6 Å². The minimum absolute atomic E-state index is 0.453. The van der Waals surface area contributed by atoms with Crippen LogP contribution in [-0.4, -0.2) is 27.7 Å². The van der Waals surface area contributed by atoms with Gasteiger partial charge in [0.2, 0.25) is 0 Å². The molecular formula is C15H14N2O3S. The summed E-state index contributed by atoms with van der Waals surface area (Å²) in [6.07, 6.45) is 3.70. The Morgan fingerprint density at radius 2 is 2.24 bits per heavy atom. The third-order valence-corrected chi connectivity index (χ3v) is 4.27. The van der Waals surface area contributed by atoms with Crippen molar-refractivity contribution in [1.29, 1.82) is 0 Å². The number of rotatable bonds is 3. The van der Waals surface area contributed by atoms with Crippen molar-refractivity contribution in [1.82, 2.24) is 9.38 Å². The first-order chi connectivity index (χ1) is 10.3. The lowest BCUT2D eigenvalue weighted by Crippen LogP contribution is -2.17. The summed E-state index contributed by atoms with van der Waals surface area (Å²) in [7, 11) is 0. The Balaban J connectivity index is 1.62. The first-order valence-electron chi connectivity index (χ1n) is 6.79. The molecule has 0 spiro atoms. The third kappa shape index (κ3) is 2.26. The van der Waals surface area contributed by atoms with Crippen LogP contribution in [-0.2, 0) is 6.42 Å². The van der Waals surface area contributed by atoms with Crippen molar-refractivity contribution in [3.63, 3.8) is 0 Å². The molecule has 0 saturated heterocycles. The Labute approximate surface area is 125 Å². The zero-order valence-corrected chi connectivity index (χ0v) is 12.0. The first-order valence-corrected chi connectivity index (χ1v) is 7.67. The molecule has 0 saturated carbocycles. The summed E-state index contributed by atoms with van der Waals surface area (Å²) in [5.41, 5.74) is 1.62. The highest BCUT2D eigenvalue weighted by molar-refractivity contribution is 7.15. The predicted molar refractivity (Wildman–Crippen MR) is 79.2 cm³/mol. The molecule has 0 fully saturated rings. The number of hydrogen-bond donors (Lipinski definition) is 1. The van der Waals surface area contributed by atoms with Crippen LogP contribution in [0, 0.1) is 0 Å². The van der Waals surface area contributed by atoms with Gasteiger partial charge in [0, 0.05) is 29.8 Å². The number of ether oxygens (including phenoxy) is 2. The maximum atomic E-state index is 10.5. The van der Waals surface area contributed by atoms with Crippen LogP contribution in [0.4, 0.5) is 0 Å². The lowest BCUT2D eigenvalue weighted by atomic mass is 10.0. The van der Waals surface area contributed by atoms with E-state index in [2.05, 4.69) is 4.98 Å². The molecule has 1 unspecified atom stereocenters. The normalized spacial score (nSPS) is 15.3. The van der Waals surface area contributed by atoms with Crippen molar-refractivity contribution in [3.05, 3.63) is 47.2 Å². The second kappa shape index (κ2) is 5.05. The van der Waals surface area contributed by atoms with Gasteiger partial charge in [0.05, 0.1) is 11.8 Å².